The van der Waals surface area contributed by atoms with E-state index in [-0.39, 0.29) is 19.3 Å². The van der Waals surface area contributed by atoms with Gasteiger partial charge in [0.25, 0.3) is 0 Å². The summed E-state index contributed by atoms with van der Waals surface area (Å²) in [5.41, 5.74) is 0. The van der Waals surface area contributed by atoms with Gasteiger partial charge in [-0.2, -0.15) is 0 Å². The van der Waals surface area contributed by atoms with Crippen molar-refractivity contribution in [3.8, 4) is 0 Å². The summed E-state index contributed by atoms with van der Waals surface area (Å²) in [6, 6.07) is 0.379. The first kappa shape index (κ1) is 12.3. The predicted octanol–water partition coefficient (Wildman–Crippen LogP) is 1.87. The van der Waals surface area contributed by atoms with Gasteiger partial charge in [0.05, 0.1) is 6.61 Å². The SMILES string of the molecule is CN(C(=O)OCCO)C1C2CC3CC(C2)CC1C3. The normalized spacial score (nSPS) is 40.9. The maximum absolute atomic E-state index is 11.9. The Hall–Kier alpha value is -0.770. The molecule has 4 aliphatic rings. The Labute approximate surface area is 108 Å². The zero-order valence-corrected chi connectivity index (χ0v) is 11.0. The number of aliphatic hydroxyl groups is 1. The van der Waals surface area contributed by atoms with Gasteiger partial charge in [0.2, 0.25) is 0 Å². The summed E-state index contributed by atoms with van der Waals surface area (Å²) in [6.45, 7) is 0.0116. The van der Waals surface area contributed by atoms with E-state index < -0.39 is 0 Å². The summed E-state index contributed by atoms with van der Waals surface area (Å²) < 4.78 is 5.05. The van der Waals surface area contributed by atoms with Crippen molar-refractivity contribution in [3.63, 3.8) is 0 Å². The largest absolute Gasteiger partial charge is 0.447 e. The van der Waals surface area contributed by atoms with Crippen LogP contribution < -0.4 is 0 Å². The second-order valence-electron chi connectivity index (χ2n) is 6.37. The Morgan fingerprint density at radius 2 is 1.72 bits per heavy atom. The summed E-state index contributed by atoms with van der Waals surface area (Å²) in [4.78, 5) is 13.7. The lowest BCUT2D eigenvalue weighted by atomic mass is 9.54. The van der Waals surface area contributed by atoms with Crippen LogP contribution >= 0.6 is 0 Å². The highest BCUT2D eigenvalue weighted by Crippen LogP contribution is 2.54. The average molecular weight is 253 g/mol. The fourth-order valence-electron chi connectivity index (χ4n) is 4.89. The Bertz CT molecular complexity index is 303. The van der Waals surface area contributed by atoms with Crippen LogP contribution in [0.3, 0.4) is 0 Å². The van der Waals surface area contributed by atoms with Gasteiger partial charge in [-0.1, -0.05) is 0 Å². The van der Waals surface area contributed by atoms with Crippen LogP contribution in [0, 0.1) is 23.7 Å². The van der Waals surface area contributed by atoms with Gasteiger partial charge >= 0.3 is 6.09 Å². The first-order valence-corrected chi connectivity index (χ1v) is 7.19. The lowest BCUT2D eigenvalue weighted by Crippen LogP contribution is -2.56. The van der Waals surface area contributed by atoms with E-state index in [0.29, 0.717) is 17.9 Å². The molecule has 4 aliphatic carbocycles. The molecule has 4 bridgehead atoms. The van der Waals surface area contributed by atoms with Crippen molar-refractivity contribution >= 4 is 6.09 Å². The van der Waals surface area contributed by atoms with Crippen LogP contribution in [0.15, 0.2) is 0 Å². The highest BCUT2D eigenvalue weighted by Gasteiger charge is 2.50. The number of carbonyl (C=O) groups excluding carboxylic acids is 1. The topological polar surface area (TPSA) is 49.8 Å². The van der Waals surface area contributed by atoms with Crippen LogP contribution in [-0.2, 0) is 4.74 Å². The molecule has 0 aromatic carbocycles. The number of aliphatic hydroxyl groups excluding tert-OH is 1. The summed E-state index contributed by atoms with van der Waals surface area (Å²) in [6.07, 6.45) is 6.37. The summed E-state index contributed by atoms with van der Waals surface area (Å²) >= 11 is 0. The van der Waals surface area contributed by atoms with Crippen molar-refractivity contribution in [3.05, 3.63) is 0 Å². The van der Waals surface area contributed by atoms with Gasteiger partial charge in [0, 0.05) is 13.1 Å². The van der Waals surface area contributed by atoms with Crippen molar-refractivity contribution < 1.29 is 14.6 Å². The van der Waals surface area contributed by atoms with Crippen LogP contribution in [0.1, 0.15) is 32.1 Å². The molecule has 0 aliphatic heterocycles. The first-order chi connectivity index (χ1) is 8.69. The van der Waals surface area contributed by atoms with Crippen molar-refractivity contribution in [2.24, 2.45) is 23.7 Å². The number of nitrogens with zero attached hydrogens (tertiary/aromatic N) is 1. The van der Waals surface area contributed by atoms with E-state index in [0.717, 1.165) is 11.8 Å². The molecular formula is C14H23NO3. The van der Waals surface area contributed by atoms with Gasteiger partial charge < -0.3 is 14.7 Å². The maximum Gasteiger partial charge on any atom is 0.409 e. The standard InChI is InChI=1S/C14H23NO3/c1-15(14(17)18-3-2-16)13-11-5-9-4-10(7-11)8-12(13)6-9/h9-13,16H,2-8H2,1H3. The van der Waals surface area contributed by atoms with Crippen molar-refractivity contribution in [1.29, 1.82) is 0 Å². The Kier molecular flexibility index (Phi) is 3.22. The number of rotatable bonds is 3. The molecule has 0 heterocycles. The van der Waals surface area contributed by atoms with E-state index >= 15 is 0 Å². The third kappa shape index (κ3) is 2.00. The molecule has 0 aromatic heterocycles. The van der Waals surface area contributed by atoms with Crippen LogP contribution in [0.25, 0.3) is 0 Å². The van der Waals surface area contributed by atoms with Crippen molar-refractivity contribution in [1.82, 2.24) is 4.90 Å². The van der Waals surface area contributed by atoms with E-state index in [2.05, 4.69) is 0 Å². The van der Waals surface area contributed by atoms with Gasteiger partial charge in [-0.05, 0) is 55.8 Å². The van der Waals surface area contributed by atoms with E-state index in [1.54, 1.807) is 0 Å². The molecule has 102 valence electrons. The molecule has 0 atom stereocenters. The minimum absolute atomic E-state index is 0.0960. The molecule has 1 amide bonds. The fraction of sp³-hybridized carbons (Fsp3) is 0.929. The van der Waals surface area contributed by atoms with Crippen molar-refractivity contribution in [2.75, 3.05) is 20.3 Å². The molecule has 0 radical (unpaired) electrons. The van der Waals surface area contributed by atoms with E-state index in [1.165, 1.54) is 32.1 Å². The minimum Gasteiger partial charge on any atom is -0.447 e. The molecule has 4 saturated carbocycles. The molecule has 0 unspecified atom stereocenters. The molecule has 18 heavy (non-hydrogen) atoms. The third-order valence-corrected chi connectivity index (χ3v) is 5.23. The molecule has 1 N–H and O–H groups in total. The Morgan fingerprint density at radius 1 is 1.17 bits per heavy atom. The molecule has 0 aromatic rings. The molecule has 4 heteroatoms. The molecule has 0 spiro atoms. The van der Waals surface area contributed by atoms with Gasteiger partial charge in [-0.3, -0.25) is 0 Å². The lowest BCUT2D eigenvalue weighted by molar-refractivity contribution is -0.0548. The number of hydrogen-bond donors (Lipinski definition) is 1. The average Bonchev–Trinajstić information content (AvgIpc) is 2.34. The lowest BCUT2D eigenvalue weighted by Gasteiger charge is -2.56. The van der Waals surface area contributed by atoms with Crippen LogP contribution in [-0.4, -0.2) is 42.4 Å². The number of ether oxygens (including phenoxy) is 1. The van der Waals surface area contributed by atoms with E-state index in [1.807, 2.05) is 11.9 Å². The van der Waals surface area contributed by atoms with Crippen LogP contribution in [0.5, 0.6) is 0 Å². The molecular weight excluding hydrogens is 230 g/mol. The zero-order chi connectivity index (χ0) is 12.7. The summed E-state index contributed by atoms with van der Waals surface area (Å²) in [7, 11) is 1.87. The first-order valence-electron chi connectivity index (χ1n) is 7.19. The van der Waals surface area contributed by atoms with E-state index in [9.17, 15) is 4.79 Å². The molecule has 4 nitrogen and oxygen atoms in total. The molecule has 4 rings (SSSR count). The van der Waals surface area contributed by atoms with Crippen LogP contribution in [0.2, 0.25) is 0 Å². The van der Waals surface area contributed by atoms with Crippen molar-refractivity contribution in [2.45, 2.75) is 38.1 Å². The van der Waals surface area contributed by atoms with Gasteiger partial charge in [0.15, 0.2) is 0 Å². The van der Waals surface area contributed by atoms with Crippen LogP contribution in [0.4, 0.5) is 4.79 Å². The second kappa shape index (κ2) is 4.72. The smallest absolute Gasteiger partial charge is 0.409 e. The maximum atomic E-state index is 11.9. The third-order valence-electron chi connectivity index (χ3n) is 5.23. The highest BCUT2D eigenvalue weighted by atomic mass is 16.6. The summed E-state index contributed by atoms with van der Waals surface area (Å²) in [5, 5.41) is 8.71. The summed E-state index contributed by atoms with van der Waals surface area (Å²) in [5.74, 6) is 3.22. The predicted molar refractivity (Wildman–Crippen MR) is 67.0 cm³/mol. The Morgan fingerprint density at radius 3 is 2.22 bits per heavy atom. The quantitative estimate of drug-likeness (QED) is 0.835. The fourth-order valence-corrected chi connectivity index (χ4v) is 4.89. The number of carbonyl (C=O) groups is 1. The Balaban J connectivity index is 1.67. The zero-order valence-electron chi connectivity index (χ0n) is 11.0. The van der Waals surface area contributed by atoms with E-state index in [4.69, 9.17) is 9.84 Å². The van der Waals surface area contributed by atoms with Gasteiger partial charge in [0.1, 0.15) is 6.61 Å². The van der Waals surface area contributed by atoms with Gasteiger partial charge in [-0.25, -0.2) is 4.79 Å². The monoisotopic (exact) mass is 253 g/mol. The molecule has 0 saturated heterocycles. The minimum atomic E-state index is -0.262. The van der Waals surface area contributed by atoms with Gasteiger partial charge in [-0.15, -0.1) is 0 Å². The molecule has 4 fully saturated rings. The highest BCUT2D eigenvalue weighted by molar-refractivity contribution is 5.67. The number of amides is 1. The second-order valence-corrected chi connectivity index (χ2v) is 6.37. The number of hydrogen-bond acceptors (Lipinski definition) is 3.